The van der Waals surface area contributed by atoms with Gasteiger partial charge in [0.2, 0.25) is 0 Å². The molecule has 80 valence electrons. The molecular weight excluding hydrogens is 214 g/mol. The lowest BCUT2D eigenvalue weighted by atomic mass is 10.0. The summed E-state index contributed by atoms with van der Waals surface area (Å²) in [6.45, 7) is 0. The predicted octanol–water partition coefficient (Wildman–Crippen LogP) is 1.29. The summed E-state index contributed by atoms with van der Waals surface area (Å²) in [5.74, 6) is 0. The van der Waals surface area contributed by atoms with Crippen molar-refractivity contribution in [3.8, 4) is 0 Å². The van der Waals surface area contributed by atoms with Crippen LogP contribution in [-0.2, 0) is 20.7 Å². The van der Waals surface area contributed by atoms with E-state index < -0.39 is 16.2 Å². The zero-order valence-electron chi connectivity index (χ0n) is 8.25. The molecule has 1 aliphatic heterocycles. The Labute approximate surface area is 88.7 Å². The molecular formula is C10H11NO3S. The molecule has 0 N–H and O–H groups in total. The Kier molecular flexibility index (Phi) is 2.58. The first-order valence-corrected chi connectivity index (χ1v) is 6.36. The lowest BCUT2D eigenvalue weighted by Crippen LogP contribution is -2.23. The Morgan fingerprint density at radius 3 is 2.87 bits per heavy atom. The monoisotopic (exact) mass is 225 g/mol. The van der Waals surface area contributed by atoms with Gasteiger partial charge in [0, 0.05) is 12.6 Å². The highest BCUT2D eigenvalue weighted by molar-refractivity contribution is 7.86. The van der Waals surface area contributed by atoms with Crippen LogP contribution in [0.1, 0.15) is 5.56 Å². The molecule has 1 heterocycles. The molecule has 1 aliphatic rings. The highest BCUT2D eigenvalue weighted by atomic mass is 32.2. The SMILES string of the molecule is CS(=O)(=O)OC1C=Nc2ccccc2C1. The molecule has 0 saturated carbocycles. The molecule has 0 aromatic heterocycles. The van der Waals surface area contributed by atoms with Crippen LogP contribution in [0.4, 0.5) is 5.69 Å². The molecule has 1 atom stereocenters. The highest BCUT2D eigenvalue weighted by Crippen LogP contribution is 2.24. The van der Waals surface area contributed by atoms with E-state index in [1.54, 1.807) is 0 Å². The molecule has 0 bridgehead atoms. The molecule has 0 aliphatic carbocycles. The van der Waals surface area contributed by atoms with Gasteiger partial charge in [-0.3, -0.25) is 9.18 Å². The summed E-state index contributed by atoms with van der Waals surface area (Å²) in [5, 5.41) is 0. The number of para-hydroxylation sites is 1. The van der Waals surface area contributed by atoms with Gasteiger partial charge in [0.05, 0.1) is 11.9 Å². The number of nitrogens with zero attached hydrogens (tertiary/aromatic N) is 1. The quantitative estimate of drug-likeness (QED) is 0.713. The van der Waals surface area contributed by atoms with E-state index in [4.69, 9.17) is 4.18 Å². The zero-order valence-corrected chi connectivity index (χ0v) is 9.07. The first-order chi connectivity index (χ1) is 7.04. The first-order valence-electron chi connectivity index (χ1n) is 4.55. The van der Waals surface area contributed by atoms with Gasteiger partial charge in [0.25, 0.3) is 10.1 Å². The summed E-state index contributed by atoms with van der Waals surface area (Å²) in [6.07, 6.45) is 2.65. The Morgan fingerprint density at radius 2 is 2.13 bits per heavy atom. The maximum Gasteiger partial charge on any atom is 0.265 e. The van der Waals surface area contributed by atoms with Gasteiger partial charge in [-0.1, -0.05) is 18.2 Å². The predicted molar refractivity (Wildman–Crippen MR) is 58.0 cm³/mol. The van der Waals surface area contributed by atoms with Crippen LogP contribution in [0.3, 0.4) is 0 Å². The second-order valence-corrected chi connectivity index (χ2v) is 5.05. The van der Waals surface area contributed by atoms with Crippen LogP contribution in [0, 0.1) is 0 Å². The van der Waals surface area contributed by atoms with E-state index in [-0.39, 0.29) is 0 Å². The normalized spacial score (nSPS) is 19.9. The van der Waals surface area contributed by atoms with Gasteiger partial charge < -0.3 is 0 Å². The smallest absolute Gasteiger partial charge is 0.261 e. The minimum Gasteiger partial charge on any atom is -0.261 e. The van der Waals surface area contributed by atoms with E-state index in [9.17, 15) is 8.42 Å². The Hall–Kier alpha value is -1.20. The van der Waals surface area contributed by atoms with Crippen LogP contribution in [-0.4, -0.2) is 27.0 Å². The van der Waals surface area contributed by atoms with Crippen LogP contribution in [0.2, 0.25) is 0 Å². The van der Waals surface area contributed by atoms with Crippen molar-refractivity contribution < 1.29 is 12.6 Å². The van der Waals surface area contributed by atoms with Crippen LogP contribution in [0.5, 0.6) is 0 Å². The summed E-state index contributed by atoms with van der Waals surface area (Å²) < 4.78 is 26.7. The second kappa shape index (κ2) is 3.75. The third kappa shape index (κ3) is 2.64. The second-order valence-electron chi connectivity index (χ2n) is 3.45. The van der Waals surface area contributed by atoms with Crippen molar-refractivity contribution in [1.82, 2.24) is 0 Å². The molecule has 15 heavy (non-hydrogen) atoms. The molecule has 2 rings (SSSR count). The third-order valence-electron chi connectivity index (χ3n) is 2.09. The molecule has 0 saturated heterocycles. The molecule has 0 radical (unpaired) electrons. The Morgan fingerprint density at radius 1 is 1.40 bits per heavy atom. The number of fused-ring (bicyclic) bond motifs is 1. The van der Waals surface area contributed by atoms with Gasteiger partial charge in [-0.2, -0.15) is 8.42 Å². The Balaban J connectivity index is 2.20. The van der Waals surface area contributed by atoms with Crippen molar-refractivity contribution in [3.05, 3.63) is 29.8 Å². The Bertz CT molecular complexity index is 493. The average Bonchev–Trinajstić information content (AvgIpc) is 2.15. The van der Waals surface area contributed by atoms with Crippen LogP contribution in [0.15, 0.2) is 29.3 Å². The van der Waals surface area contributed by atoms with Gasteiger partial charge in [0.15, 0.2) is 0 Å². The van der Waals surface area contributed by atoms with Crippen LogP contribution < -0.4 is 0 Å². The molecule has 0 amide bonds. The van der Waals surface area contributed by atoms with Gasteiger partial charge in [0.1, 0.15) is 6.10 Å². The molecule has 1 aromatic carbocycles. The fraction of sp³-hybridized carbons (Fsp3) is 0.300. The summed E-state index contributed by atoms with van der Waals surface area (Å²) in [4.78, 5) is 4.14. The standard InChI is InChI=1S/C10H11NO3S/c1-15(12,13)14-9-6-8-4-2-3-5-10(8)11-7-9/h2-5,7,9H,6H2,1H3. The van der Waals surface area contributed by atoms with Gasteiger partial charge in [-0.15, -0.1) is 0 Å². The third-order valence-corrected chi connectivity index (χ3v) is 2.69. The van der Waals surface area contributed by atoms with Crippen molar-refractivity contribution in [1.29, 1.82) is 0 Å². The molecule has 5 heteroatoms. The molecule has 0 fully saturated rings. The first kappa shape index (κ1) is 10.3. The molecule has 4 nitrogen and oxygen atoms in total. The lowest BCUT2D eigenvalue weighted by molar-refractivity contribution is 0.278. The van der Waals surface area contributed by atoms with Crippen molar-refractivity contribution in [2.75, 3.05) is 6.26 Å². The summed E-state index contributed by atoms with van der Waals surface area (Å²) >= 11 is 0. The molecule has 0 spiro atoms. The number of aliphatic imine (C=N–C) groups is 1. The van der Waals surface area contributed by atoms with Crippen molar-refractivity contribution in [2.45, 2.75) is 12.5 Å². The number of benzene rings is 1. The average molecular weight is 225 g/mol. The van der Waals surface area contributed by atoms with Crippen LogP contribution in [0.25, 0.3) is 0 Å². The fourth-order valence-corrected chi connectivity index (χ4v) is 2.09. The molecule has 1 unspecified atom stereocenters. The maximum atomic E-state index is 10.9. The van der Waals surface area contributed by atoms with E-state index in [1.807, 2.05) is 24.3 Å². The van der Waals surface area contributed by atoms with Crippen molar-refractivity contribution in [2.24, 2.45) is 4.99 Å². The van der Waals surface area contributed by atoms with Crippen molar-refractivity contribution >= 4 is 22.0 Å². The number of rotatable bonds is 2. The van der Waals surface area contributed by atoms with Crippen molar-refractivity contribution in [3.63, 3.8) is 0 Å². The van der Waals surface area contributed by atoms with E-state index in [1.165, 1.54) is 6.21 Å². The van der Waals surface area contributed by atoms with Gasteiger partial charge >= 0.3 is 0 Å². The van der Waals surface area contributed by atoms with Gasteiger partial charge in [-0.25, -0.2) is 0 Å². The number of hydrogen-bond donors (Lipinski definition) is 0. The lowest BCUT2D eigenvalue weighted by Gasteiger charge is -2.17. The largest absolute Gasteiger partial charge is 0.265 e. The summed E-state index contributed by atoms with van der Waals surface area (Å²) in [7, 11) is -3.42. The summed E-state index contributed by atoms with van der Waals surface area (Å²) in [6, 6.07) is 7.61. The van der Waals surface area contributed by atoms with E-state index in [2.05, 4.69) is 4.99 Å². The zero-order chi connectivity index (χ0) is 10.9. The minimum absolute atomic E-state index is 0.477. The fourth-order valence-electron chi connectivity index (χ4n) is 1.53. The minimum atomic E-state index is -3.42. The van der Waals surface area contributed by atoms with E-state index in [0.29, 0.717) is 6.42 Å². The number of hydrogen-bond acceptors (Lipinski definition) is 4. The van der Waals surface area contributed by atoms with E-state index >= 15 is 0 Å². The van der Waals surface area contributed by atoms with Crippen LogP contribution >= 0.6 is 0 Å². The molecule has 1 aromatic rings. The van der Waals surface area contributed by atoms with E-state index in [0.717, 1.165) is 17.5 Å². The summed E-state index contributed by atoms with van der Waals surface area (Å²) in [5.41, 5.74) is 1.89. The highest BCUT2D eigenvalue weighted by Gasteiger charge is 2.18. The van der Waals surface area contributed by atoms with Gasteiger partial charge in [-0.05, 0) is 11.6 Å². The topological polar surface area (TPSA) is 55.7 Å². The maximum absolute atomic E-state index is 10.9.